The van der Waals surface area contributed by atoms with E-state index in [1.54, 1.807) is 6.08 Å². The van der Waals surface area contributed by atoms with Gasteiger partial charge in [0.05, 0.1) is 19.2 Å². The molecule has 0 radical (unpaired) electrons. The summed E-state index contributed by atoms with van der Waals surface area (Å²) in [5.41, 5.74) is 7.43. The summed E-state index contributed by atoms with van der Waals surface area (Å²) in [5.74, 6) is 0.669. The number of nitrogens with zero attached hydrogens (tertiary/aromatic N) is 2. The third-order valence-corrected chi connectivity index (χ3v) is 3.26. The molecule has 0 aliphatic heterocycles. The average Bonchev–Trinajstić information content (AvgIpc) is 2.53. The molecule has 0 spiro atoms. The van der Waals surface area contributed by atoms with Crippen LogP contribution in [0.4, 0.5) is 0 Å². The highest BCUT2D eigenvalue weighted by atomic mass is 16.5. The lowest BCUT2D eigenvalue weighted by molar-refractivity contribution is 0.313. The Balaban J connectivity index is 2.53. The topological polar surface area (TPSA) is 63.4 Å². The van der Waals surface area contributed by atoms with Gasteiger partial charge in [0.15, 0.2) is 0 Å². The first-order chi connectivity index (χ1) is 10.7. The van der Waals surface area contributed by atoms with Gasteiger partial charge in [-0.3, -0.25) is 0 Å². The third kappa shape index (κ3) is 3.63. The van der Waals surface area contributed by atoms with Crippen molar-refractivity contribution in [3.63, 3.8) is 0 Å². The molecule has 0 saturated carbocycles. The highest BCUT2D eigenvalue weighted by molar-refractivity contribution is 5.88. The quantitative estimate of drug-likeness (QED) is 0.519. The third-order valence-electron chi connectivity index (χ3n) is 3.26. The zero-order valence-electron chi connectivity index (χ0n) is 12.5. The number of hydrogen-bond donors (Lipinski definition) is 1. The van der Waals surface area contributed by atoms with Gasteiger partial charge in [-0.05, 0) is 48.9 Å². The molecule has 110 valence electrons. The maximum Gasteiger partial charge on any atom is 0.262 e. The van der Waals surface area contributed by atoms with E-state index >= 15 is 0 Å². The van der Waals surface area contributed by atoms with Gasteiger partial charge in [-0.2, -0.15) is 0 Å². The van der Waals surface area contributed by atoms with Crippen LogP contribution >= 0.6 is 0 Å². The van der Waals surface area contributed by atoms with E-state index in [0.29, 0.717) is 18.9 Å². The molecule has 0 heterocycles. The summed E-state index contributed by atoms with van der Waals surface area (Å²) in [4.78, 5) is 3.21. The fourth-order valence-electron chi connectivity index (χ4n) is 2.15. The fourth-order valence-corrected chi connectivity index (χ4v) is 2.15. The van der Waals surface area contributed by atoms with Crippen LogP contribution < -0.4 is 10.5 Å². The minimum Gasteiger partial charge on any atom is -0.493 e. The van der Waals surface area contributed by atoms with Gasteiger partial charge in [-0.25, -0.2) is 10.1 Å². The maximum atomic E-state index is 8.95. The van der Waals surface area contributed by atoms with Gasteiger partial charge in [0.1, 0.15) is 5.75 Å². The minimum absolute atomic E-state index is 0.0372. The van der Waals surface area contributed by atoms with Crippen LogP contribution in [-0.2, 0) is 0 Å². The standard InChI is InChI=1S/C18H17N3O/c1-13-4-5-14-9-16(10-17(12-20)21-2)18(11-15(14)8-13)22-7-3-6-19/h4-5,8-11H,3,6-7,19H2,1H3/b17-10-. The zero-order valence-corrected chi connectivity index (χ0v) is 12.5. The molecule has 0 aromatic heterocycles. The number of allylic oxidation sites excluding steroid dienone is 1. The molecular formula is C18H17N3O. The van der Waals surface area contributed by atoms with E-state index in [1.165, 1.54) is 5.56 Å². The summed E-state index contributed by atoms with van der Waals surface area (Å²) in [5, 5.41) is 11.1. The summed E-state index contributed by atoms with van der Waals surface area (Å²) in [6.45, 7) is 10.1. The Labute approximate surface area is 130 Å². The van der Waals surface area contributed by atoms with E-state index in [-0.39, 0.29) is 5.70 Å². The molecule has 0 saturated heterocycles. The molecule has 0 atom stereocenters. The minimum atomic E-state index is 0.0372. The summed E-state index contributed by atoms with van der Waals surface area (Å²) in [6, 6.07) is 11.9. The Morgan fingerprint density at radius 1 is 1.36 bits per heavy atom. The number of benzene rings is 2. The summed E-state index contributed by atoms with van der Waals surface area (Å²) in [6.07, 6.45) is 2.31. The largest absolute Gasteiger partial charge is 0.493 e. The van der Waals surface area contributed by atoms with Crippen LogP contribution in [0.2, 0.25) is 0 Å². The van der Waals surface area contributed by atoms with Gasteiger partial charge < -0.3 is 10.5 Å². The molecule has 0 unspecified atom stereocenters. The van der Waals surface area contributed by atoms with E-state index < -0.39 is 0 Å². The zero-order chi connectivity index (χ0) is 15.9. The molecule has 0 aliphatic carbocycles. The Morgan fingerprint density at radius 3 is 2.86 bits per heavy atom. The molecule has 0 amide bonds. The molecule has 4 heteroatoms. The molecule has 22 heavy (non-hydrogen) atoms. The monoisotopic (exact) mass is 291 g/mol. The molecule has 2 N–H and O–H groups in total. The predicted octanol–water partition coefficient (Wildman–Crippen LogP) is 3.66. The van der Waals surface area contributed by atoms with E-state index in [1.807, 2.05) is 37.3 Å². The first kappa shape index (κ1) is 15.6. The molecule has 2 rings (SSSR count). The van der Waals surface area contributed by atoms with Crippen LogP contribution in [0, 0.1) is 24.8 Å². The lowest BCUT2D eigenvalue weighted by Gasteiger charge is -2.11. The van der Waals surface area contributed by atoms with Crippen molar-refractivity contribution in [2.24, 2.45) is 5.73 Å². The van der Waals surface area contributed by atoms with Crippen molar-refractivity contribution in [3.05, 3.63) is 58.6 Å². The molecule has 4 nitrogen and oxygen atoms in total. The van der Waals surface area contributed by atoms with E-state index in [2.05, 4.69) is 10.9 Å². The van der Waals surface area contributed by atoms with E-state index in [9.17, 15) is 0 Å². The normalized spacial score (nSPS) is 11.0. The smallest absolute Gasteiger partial charge is 0.262 e. The van der Waals surface area contributed by atoms with Crippen LogP contribution in [0.25, 0.3) is 21.7 Å². The number of nitriles is 1. The average molecular weight is 291 g/mol. The summed E-state index contributed by atoms with van der Waals surface area (Å²) >= 11 is 0. The van der Waals surface area contributed by atoms with Crippen LogP contribution in [-0.4, -0.2) is 13.2 Å². The number of rotatable bonds is 5. The van der Waals surface area contributed by atoms with Gasteiger partial charge in [-0.15, -0.1) is 0 Å². The summed E-state index contributed by atoms with van der Waals surface area (Å²) in [7, 11) is 0. The highest BCUT2D eigenvalue weighted by Gasteiger charge is 2.07. The molecule has 0 fully saturated rings. The van der Waals surface area contributed by atoms with Crippen LogP contribution in [0.15, 0.2) is 36.0 Å². The number of hydrogen-bond acceptors (Lipinski definition) is 3. The van der Waals surface area contributed by atoms with Gasteiger partial charge in [0.25, 0.3) is 5.70 Å². The van der Waals surface area contributed by atoms with Gasteiger partial charge in [0.2, 0.25) is 0 Å². The van der Waals surface area contributed by atoms with Crippen LogP contribution in [0.5, 0.6) is 5.75 Å². The highest BCUT2D eigenvalue weighted by Crippen LogP contribution is 2.29. The lowest BCUT2D eigenvalue weighted by Crippen LogP contribution is -2.06. The second-order valence-electron chi connectivity index (χ2n) is 4.98. The van der Waals surface area contributed by atoms with Crippen molar-refractivity contribution in [2.45, 2.75) is 13.3 Å². The number of ether oxygens (including phenoxy) is 1. The second kappa shape index (κ2) is 7.26. The summed E-state index contributed by atoms with van der Waals surface area (Å²) < 4.78 is 5.78. The maximum absolute atomic E-state index is 8.95. The van der Waals surface area contributed by atoms with Crippen molar-refractivity contribution < 1.29 is 4.74 Å². The lowest BCUT2D eigenvalue weighted by atomic mass is 10.0. The first-order valence-electron chi connectivity index (χ1n) is 7.04. The number of nitrogens with two attached hydrogens (primary N) is 1. The Hall–Kier alpha value is -2.82. The molecule has 0 aliphatic rings. The van der Waals surface area contributed by atoms with Crippen molar-refractivity contribution in [2.75, 3.05) is 13.2 Å². The predicted molar refractivity (Wildman–Crippen MR) is 88.0 cm³/mol. The molecule has 2 aromatic rings. The molecule has 0 bridgehead atoms. The second-order valence-corrected chi connectivity index (χ2v) is 4.98. The molecular weight excluding hydrogens is 274 g/mol. The Bertz CT molecular complexity index is 778. The first-order valence-corrected chi connectivity index (χ1v) is 7.04. The van der Waals surface area contributed by atoms with Crippen molar-refractivity contribution in [1.29, 1.82) is 5.26 Å². The molecule has 2 aromatic carbocycles. The Kier molecular flexibility index (Phi) is 5.14. The van der Waals surface area contributed by atoms with Crippen molar-refractivity contribution in [1.82, 2.24) is 0 Å². The van der Waals surface area contributed by atoms with Gasteiger partial charge >= 0.3 is 0 Å². The van der Waals surface area contributed by atoms with Gasteiger partial charge in [0, 0.05) is 5.56 Å². The van der Waals surface area contributed by atoms with Crippen molar-refractivity contribution >= 4 is 16.8 Å². The van der Waals surface area contributed by atoms with Crippen LogP contribution in [0.1, 0.15) is 17.5 Å². The number of aryl methyl sites for hydroxylation is 1. The van der Waals surface area contributed by atoms with Crippen LogP contribution in [0.3, 0.4) is 0 Å². The Morgan fingerprint density at radius 2 is 2.18 bits per heavy atom. The van der Waals surface area contributed by atoms with E-state index in [4.69, 9.17) is 22.3 Å². The van der Waals surface area contributed by atoms with Crippen molar-refractivity contribution in [3.8, 4) is 11.8 Å². The number of fused-ring (bicyclic) bond motifs is 1. The SMILES string of the molecule is [C-]#[N+]/C(C#N)=C\c1cc2ccc(C)cc2cc1OCCCN. The van der Waals surface area contributed by atoms with E-state index in [0.717, 1.165) is 22.8 Å². The van der Waals surface area contributed by atoms with Gasteiger partial charge in [-0.1, -0.05) is 23.8 Å². The fraction of sp³-hybridized carbons (Fsp3) is 0.222.